The average Bonchev–Trinajstić information content (AvgIpc) is 3.37. The molecule has 1 saturated heterocycles. The Balaban J connectivity index is 1.54. The average molecular weight is 333 g/mol. The Bertz CT molecular complexity index is 824. The van der Waals surface area contributed by atoms with Gasteiger partial charge in [0.15, 0.2) is 0 Å². The summed E-state index contributed by atoms with van der Waals surface area (Å²) in [5.74, 6) is 1.59. The molecule has 0 spiro atoms. The van der Waals surface area contributed by atoms with E-state index < -0.39 is 0 Å². The Kier molecular flexibility index (Phi) is 3.91. The van der Waals surface area contributed by atoms with Gasteiger partial charge in [0.1, 0.15) is 6.23 Å². The molecule has 25 heavy (non-hydrogen) atoms. The Hall–Kier alpha value is -1.64. The number of methoxy groups -OCH3 is 1. The Morgan fingerprint density at radius 1 is 1.00 bits per heavy atom. The normalized spacial score (nSPS) is 29.2. The fraction of sp³-hybridized carbons (Fsp3) is 0.478. The summed E-state index contributed by atoms with van der Waals surface area (Å²) in [5.41, 5.74) is 4.85. The fourth-order valence-electron chi connectivity index (χ4n) is 5.50. The summed E-state index contributed by atoms with van der Waals surface area (Å²) >= 11 is 0. The summed E-state index contributed by atoms with van der Waals surface area (Å²) in [5, 5.41) is 2.71. The minimum Gasteiger partial charge on any atom is -0.366 e. The van der Waals surface area contributed by atoms with Crippen LogP contribution in [0.15, 0.2) is 48.0 Å². The molecule has 2 nitrogen and oxygen atoms in total. The van der Waals surface area contributed by atoms with Gasteiger partial charge in [-0.2, -0.15) is 0 Å². The monoisotopic (exact) mass is 333 g/mol. The third-order valence-corrected chi connectivity index (χ3v) is 6.69. The zero-order valence-electron chi connectivity index (χ0n) is 15.1. The lowest BCUT2D eigenvalue weighted by Gasteiger charge is -2.28. The topological polar surface area (TPSA) is 12.5 Å². The molecule has 0 N–H and O–H groups in total. The highest BCUT2D eigenvalue weighted by atomic mass is 16.5. The van der Waals surface area contributed by atoms with Gasteiger partial charge in [0.25, 0.3) is 0 Å². The summed E-state index contributed by atoms with van der Waals surface area (Å²) in [6.45, 7) is 2.30. The molecule has 2 aliphatic carbocycles. The highest BCUT2D eigenvalue weighted by molar-refractivity contribution is 5.87. The molecular formula is C23H27NO. The van der Waals surface area contributed by atoms with E-state index in [1.54, 1.807) is 11.1 Å². The van der Waals surface area contributed by atoms with Crippen molar-refractivity contribution in [3.8, 4) is 0 Å². The zero-order chi connectivity index (χ0) is 16.8. The van der Waals surface area contributed by atoms with Crippen LogP contribution in [0.5, 0.6) is 0 Å². The highest BCUT2D eigenvalue weighted by Crippen LogP contribution is 2.53. The lowest BCUT2D eigenvalue weighted by Crippen LogP contribution is -2.33. The number of hydrogen-bond acceptors (Lipinski definition) is 2. The smallest absolute Gasteiger partial charge is 0.110 e. The number of ether oxygens (including phenoxy) is 1. The molecule has 3 atom stereocenters. The van der Waals surface area contributed by atoms with Crippen molar-refractivity contribution in [3.05, 3.63) is 53.6 Å². The first-order chi connectivity index (χ1) is 12.3. The van der Waals surface area contributed by atoms with E-state index in [-0.39, 0.29) is 0 Å². The first-order valence-electron chi connectivity index (χ1n) is 9.82. The first kappa shape index (κ1) is 15.6. The molecule has 5 rings (SSSR count). The van der Waals surface area contributed by atoms with Crippen molar-refractivity contribution in [1.29, 1.82) is 0 Å². The van der Waals surface area contributed by atoms with Crippen LogP contribution in [-0.2, 0) is 4.74 Å². The van der Waals surface area contributed by atoms with Gasteiger partial charge in [-0.15, -0.1) is 0 Å². The number of benzene rings is 2. The minimum absolute atomic E-state index is 0.324. The van der Waals surface area contributed by atoms with Gasteiger partial charge in [-0.25, -0.2) is 0 Å². The van der Waals surface area contributed by atoms with Crippen molar-refractivity contribution in [3.63, 3.8) is 0 Å². The van der Waals surface area contributed by atoms with E-state index in [1.165, 1.54) is 55.0 Å². The molecule has 2 aromatic rings. The van der Waals surface area contributed by atoms with Gasteiger partial charge in [0.2, 0.25) is 0 Å². The summed E-state index contributed by atoms with van der Waals surface area (Å²) < 4.78 is 5.72. The van der Waals surface area contributed by atoms with Gasteiger partial charge in [0.05, 0.1) is 0 Å². The number of allylic oxidation sites excluding steroid dienone is 1. The van der Waals surface area contributed by atoms with Crippen LogP contribution in [0.4, 0.5) is 0 Å². The van der Waals surface area contributed by atoms with Crippen LogP contribution in [0, 0.1) is 11.8 Å². The maximum absolute atomic E-state index is 5.72. The quantitative estimate of drug-likeness (QED) is 0.772. The van der Waals surface area contributed by atoms with E-state index in [2.05, 4.69) is 47.4 Å². The Labute approximate surface area is 150 Å². The van der Waals surface area contributed by atoms with Gasteiger partial charge in [-0.3, -0.25) is 4.90 Å². The van der Waals surface area contributed by atoms with Crippen molar-refractivity contribution in [2.75, 3.05) is 20.2 Å². The van der Waals surface area contributed by atoms with Crippen LogP contribution in [0.1, 0.15) is 37.7 Å². The summed E-state index contributed by atoms with van der Waals surface area (Å²) in [6.07, 6.45) is 6.92. The maximum Gasteiger partial charge on any atom is 0.110 e. The standard InChI is InChI=1S/C23H27NO/c1-25-22-7-4-12-24(22)15-21-18-9-11-20(14-18)23(21)19-10-8-16-5-2-3-6-17(16)13-19/h2-3,5-6,8,10,13,18,20,22H,4,7,9,11-12,14-15H2,1H3/t18?,20?,22-/m0/s1. The second-order valence-electron chi connectivity index (χ2n) is 8.01. The molecule has 130 valence electrons. The van der Waals surface area contributed by atoms with Gasteiger partial charge < -0.3 is 4.74 Å². The molecule has 1 aliphatic heterocycles. The largest absolute Gasteiger partial charge is 0.366 e. The molecule has 2 unspecified atom stereocenters. The van der Waals surface area contributed by atoms with Crippen LogP contribution in [-0.4, -0.2) is 31.3 Å². The Morgan fingerprint density at radius 2 is 1.84 bits per heavy atom. The minimum atomic E-state index is 0.324. The van der Waals surface area contributed by atoms with E-state index in [1.807, 2.05) is 7.11 Å². The van der Waals surface area contributed by atoms with E-state index in [9.17, 15) is 0 Å². The molecule has 2 fully saturated rings. The summed E-state index contributed by atoms with van der Waals surface area (Å²) in [7, 11) is 1.86. The highest BCUT2D eigenvalue weighted by Gasteiger charge is 2.40. The second-order valence-corrected chi connectivity index (χ2v) is 8.01. The van der Waals surface area contributed by atoms with Gasteiger partial charge in [-0.05, 0) is 77.5 Å². The molecule has 0 aromatic heterocycles. The van der Waals surface area contributed by atoms with E-state index in [4.69, 9.17) is 4.74 Å². The molecule has 3 aliphatic rings. The van der Waals surface area contributed by atoms with E-state index in [0.29, 0.717) is 6.23 Å². The SMILES string of the molecule is CO[C@H]1CCCN1CC1=C(c2ccc3ccccc3c2)C2CCC1C2. The van der Waals surface area contributed by atoms with Gasteiger partial charge in [0, 0.05) is 20.2 Å². The van der Waals surface area contributed by atoms with Crippen LogP contribution in [0.3, 0.4) is 0 Å². The van der Waals surface area contributed by atoms with E-state index >= 15 is 0 Å². The lowest BCUT2D eigenvalue weighted by molar-refractivity contribution is 0.000497. The van der Waals surface area contributed by atoms with Crippen molar-refractivity contribution in [2.45, 2.75) is 38.3 Å². The molecule has 0 amide bonds. The van der Waals surface area contributed by atoms with E-state index in [0.717, 1.165) is 18.4 Å². The van der Waals surface area contributed by atoms with Gasteiger partial charge in [-0.1, -0.05) is 36.4 Å². The predicted molar refractivity (Wildman–Crippen MR) is 103 cm³/mol. The first-order valence-corrected chi connectivity index (χ1v) is 9.82. The lowest BCUT2D eigenvalue weighted by atomic mass is 9.86. The number of likely N-dealkylation sites (tertiary alicyclic amines) is 1. The van der Waals surface area contributed by atoms with Crippen LogP contribution < -0.4 is 0 Å². The van der Waals surface area contributed by atoms with Crippen molar-refractivity contribution in [1.82, 2.24) is 4.90 Å². The molecule has 2 heteroatoms. The van der Waals surface area contributed by atoms with Crippen LogP contribution in [0.2, 0.25) is 0 Å². The van der Waals surface area contributed by atoms with Crippen LogP contribution in [0.25, 0.3) is 16.3 Å². The molecule has 1 heterocycles. The van der Waals surface area contributed by atoms with Crippen LogP contribution >= 0.6 is 0 Å². The second kappa shape index (κ2) is 6.26. The Morgan fingerprint density at radius 3 is 2.72 bits per heavy atom. The summed E-state index contributed by atoms with van der Waals surface area (Å²) in [6, 6.07) is 15.8. The third kappa shape index (κ3) is 2.63. The number of nitrogens with zero attached hydrogens (tertiary/aromatic N) is 1. The molecule has 1 saturated carbocycles. The maximum atomic E-state index is 5.72. The molecule has 0 radical (unpaired) electrons. The number of rotatable bonds is 4. The predicted octanol–water partition coefficient (Wildman–Crippen LogP) is 5.09. The third-order valence-electron chi connectivity index (χ3n) is 6.69. The fourth-order valence-corrected chi connectivity index (χ4v) is 5.50. The van der Waals surface area contributed by atoms with Gasteiger partial charge >= 0.3 is 0 Å². The zero-order valence-corrected chi connectivity index (χ0v) is 15.1. The summed E-state index contributed by atoms with van der Waals surface area (Å²) in [4.78, 5) is 2.57. The van der Waals surface area contributed by atoms with Crippen molar-refractivity contribution in [2.24, 2.45) is 11.8 Å². The number of hydrogen-bond donors (Lipinski definition) is 0. The molecule has 2 bridgehead atoms. The number of fused-ring (bicyclic) bond motifs is 3. The van der Waals surface area contributed by atoms with Crippen molar-refractivity contribution < 1.29 is 4.74 Å². The van der Waals surface area contributed by atoms with Crippen molar-refractivity contribution >= 4 is 16.3 Å². The molecule has 2 aromatic carbocycles. The molecular weight excluding hydrogens is 306 g/mol.